The molecule has 1 aromatic heterocycles. The number of furan rings is 1. The third kappa shape index (κ3) is 3.76. The van der Waals surface area contributed by atoms with Gasteiger partial charge in [0.1, 0.15) is 11.5 Å². The Balaban J connectivity index is 1.76. The van der Waals surface area contributed by atoms with Crippen molar-refractivity contribution in [2.24, 2.45) is 0 Å². The first-order valence-corrected chi connectivity index (χ1v) is 7.38. The van der Waals surface area contributed by atoms with Crippen LogP contribution in [0, 0.1) is 6.92 Å². The normalized spacial score (nSPS) is 19.2. The van der Waals surface area contributed by atoms with Gasteiger partial charge in [0.05, 0.1) is 6.54 Å². The van der Waals surface area contributed by atoms with Gasteiger partial charge in [0, 0.05) is 19.6 Å². The van der Waals surface area contributed by atoms with Crippen LogP contribution in [0.3, 0.4) is 0 Å². The van der Waals surface area contributed by atoms with E-state index in [0.717, 1.165) is 31.2 Å². The van der Waals surface area contributed by atoms with Crippen LogP contribution in [-0.2, 0) is 6.54 Å². The maximum atomic E-state index is 12.1. The highest BCUT2D eigenvalue weighted by Crippen LogP contribution is 2.15. The minimum Gasteiger partial charge on any atom is -0.464 e. The number of hydrogen-bond acceptors (Lipinski definition) is 3. The smallest absolute Gasteiger partial charge is 0.317 e. The fourth-order valence-corrected chi connectivity index (χ4v) is 2.76. The molecule has 5 heteroatoms. The number of likely N-dealkylation sites (N-methyl/N-ethyl adjacent to an activating group) is 1. The third-order valence-corrected chi connectivity index (χ3v) is 3.93. The maximum absolute atomic E-state index is 12.1. The summed E-state index contributed by atoms with van der Waals surface area (Å²) in [6, 6.07) is 4.28. The minimum atomic E-state index is -0.0398. The van der Waals surface area contributed by atoms with Crippen LogP contribution in [0.4, 0.5) is 4.79 Å². The minimum absolute atomic E-state index is 0.0398. The summed E-state index contributed by atoms with van der Waals surface area (Å²) in [5.74, 6) is 1.69. The molecule has 0 radical (unpaired) electrons. The molecule has 20 heavy (non-hydrogen) atoms. The quantitative estimate of drug-likeness (QED) is 0.899. The molecule has 1 N–H and O–H groups in total. The Labute approximate surface area is 120 Å². The molecule has 1 saturated heterocycles. The van der Waals surface area contributed by atoms with Crippen molar-refractivity contribution >= 4 is 6.03 Å². The number of carbonyl (C=O) groups excluding carboxylic acids is 1. The van der Waals surface area contributed by atoms with Gasteiger partial charge < -0.3 is 14.6 Å². The zero-order chi connectivity index (χ0) is 14.5. The average Bonchev–Trinajstić information content (AvgIpc) is 3.04. The second-order valence-corrected chi connectivity index (χ2v) is 5.48. The Hall–Kier alpha value is -1.49. The monoisotopic (exact) mass is 279 g/mol. The van der Waals surface area contributed by atoms with Gasteiger partial charge in [-0.15, -0.1) is 0 Å². The van der Waals surface area contributed by atoms with Crippen LogP contribution >= 0.6 is 0 Å². The predicted molar refractivity (Wildman–Crippen MR) is 78.6 cm³/mol. The second kappa shape index (κ2) is 6.79. The number of likely N-dealkylation sites (tertiary alicyclic amines) is 1. The summed E-state index contributed by atoms with van der Waals surface area (Å²) in [5.41, 5.74) is 0. The van der Waals surface area contributed by atoms with Crippen LogP contribution < -0.4 is 5.32 Å². The predicted octanol–water partition coefficient (Wildman–Crippen LogP) is 2.21. The molecule has 2 rings (SSSR count). The van der Waals surface area contributed by atoms with Crippen LogP contribution in [0.1, 0.15) is 31.3 Å². The lowest BCUT2D eigenvalue weighted by atomic mass is 10.2. The number of hydrogen-bond donors (Lipinski definition) is 1. The molecule has 1 atom stereocenters. The summed E-state index contributed by atoms with van der Waals surface area (Å²) in [4.78, 5) is 16.1. The molecule has 112 valence electrons. The number of aryl methyl sites for hydroxylation is 1. The number of nitrogens with one attached hydrogen (secondary N) is 1. The highest BCUT2D eigenvalue weighted by Gasteiger charge is 2.23. The van der Waals surface area contributed by atoms with E-state index in [4.69, 9.17) is 4.42 Å². The Bertz CT molecular complexity index is 444. The lowest BCUT2D eigenvalue weighted by Crippen LogP contribution is -2.44. The molecule has 1 unspecified atom stereocenters. The molecule has 5 nitrogen and oxygen atoms in total. The molecular weight excluding hydrogens is 254 g/mol. The summed E-state index contributed by atoms with van der Waals surface area (Å²) in [5, 5.41) is 3.02. The number of urea groups is 1. The highest BCUT2D eigenvalue weighted by atomic mass is 16.3. The Morgan fingerprint density at radius 1 is 1.55 bits per heavy atom. The lowest BCUT2D eigenvalue weighted by Gasteiger charge is -2.24. The van der Waals surface area contributed by atoms with Crippen molar-refractivity contribution in [1.29, 1.82) is 0 Å². The van der Waals surface area contributed by atoms with E-state index < -0.39 is 0 Å². The molecule has 0 saturated carbocycles. The van der Waals surface area contributed by atoms with Gasteiger partial charge in [-0.25, -0.2) is 4.79 Å². The van der Waals surface area contributed by atoms with Crippen molar-refractivity contribution in [2.45, 2.75) is 39.3 Å². The molecular formula is C15H25N3O2. The van der Waals surface area contributed by atoms with Crippen molar-refractivity contribution in [2.75, 3.05) is 26.7 Å². The van der Waals surface area contributed by atoms with E-state index in [9.17, 15) is 4.79 Å². The van der Waals surface area contributed by atoms with Gasteiger partial charge in [-0.3, -0.25) is 4.90 Å². The van der Waals surface area contributed by atoms with Crippen LogP contribution in [0.2, 0.25) is 0 Å². The highest BCUT2D eigenvalue weighted by molar-refractivity contribution is 5.73. The summed E-state index contributed by atoms with van der Waals surface area (Å²) in [7, 11) is 1.79. The molecule has 0 aromatic carbocycles. The number of rotatable bonds is 5. The topological polar surface area (TPSA) is 48.7 Å². The molecule has 1 aromatic rings. The van der Waals surface area contributed by atoms with Crippen molar-refractivity contribution in [3.63, 3.8) is 0 Å². The summed E-state index contributed by atoms with van der Waals surface area (Å²) in [6.07, 6.45) is 2.41. The van der Waals surface area contributed by atoms with E-state index in [0.29, 0.717) is 12.6 Å². The van der Waals surface area contributed by atoms with Gasteiger partial charge in [0.25, 0.3) is 0 Å². The fourth-order valence-electron chi connectivity index (χ4n) is 2.76. The van der Waals surface area contributed by atoms with E-state index in [2.05, 4.69) is 17.1 Å². The zero-order valence-corrected chi connectivity index (χ0v) is 12.7. The van der Waals surface area contributed by atoms with Gasteiger partial charge in [0.2, 0.25) is 0 Å². The molecule has 1 fully saturated rings. The van der Waals surface area contributed by atoms with Gasteiger partial charge in [0.15, 0.2) is 0 Å². The second-order valence-electron chi connectivity index (χ2n) is 5.48. The molecule has 0 bridgehead atoms. The third-order valence-electron chi connectivity index (χ3n) is 3.93. The van der Waals surface area contributed by atoms with Crippen molar-refractivity contribution in [3.05, 3.63) is 23.7 Å². The van der Waals surface area contributed by atoms with E-state index in [1.54, 1.807) is 11.9 Å². The summed E-state index contributed by atoms with van der Waals surface area (Å²) in [6.45, 7) is 7.52. The van der Waals surface area contributed by atoms with E-state index >= 15 is 0 Å². The Morgan fingerprint density at radius 2 is 2.35 bits per heavy atom. The van der Waals surface area contributed by atoms with Gasteiger partial charge in [-0.2, -0.15) is 0 Å². The Morgan fingerprint density at radius 3 is 3.00 bits per heavy atom. The molecule has 2 amide bonds. The van der Waals surface area contributed by atoms with Crippen LogP contribution in [0.5, 0.6) is 0 Å². The largest absolute Gasteiger partial charge is 0.464 e. The molecule has 1 aliphatic heterocycles. The van der Waals surface area contributed by atoms with Crippen molar-refractivity contribution in [3.8, 4) is 0 Å². The molecule has 0 spiro atoms. The van der Waals surface area contributed by atoms with Gasteiger partial charge >= 0.3 is 6.03 Å². The number of amides is 2. The first-order valence-electron chi connectivity index (χ1n) is 7.38. The Kier molecular flexibility index (Phi) is 5.06. The molecule has 2 heterocycles. The maximum Gasteiger partial charge on any atom is 0.317 e. The van der Waals surface area contributed by atoms with Crippen LogP contribution in [0.15, 0.2) is 16.5 Å². The first-order chi connectivity index (χ1) is 9.60. The standard InChI is InChI=1S/C15H25N3O2/c1-4-18-9-5-6-13(18)10-16-15(19)17(3)11-14-8-7-12(2)20-14/h7-8,13H,4-6,9-11H2,1-3H3,(H,16,19). The SMILES string of the molecule is CCN1CCCC1CNC(=O)N(C)Cc1ccc(C)o1. The van der Waals surface area contributed by atoms with Crippen molar-refractivity contribution < 1.29 is 9.21 Å². The van der Waals surface area contributed by atoms with Gasteiger partial charge in [-0.05, 0) is 45.0 Å². The van der Waals surface area contributed by atoms with Crippen LogP contribution in [-0.4, -0.2) is 48.6 Å². The summed E-state index contributed by atoms with van der Waals surface area (Å²) < 4.78 is 5.49. The zero-order valence-electron chi connectivity index (χ0n) is 12.7. The number of nitrogens with zero attached hydrogens (tertiary/aromatic N) is 2. The van der Waals surface area contributed by atoms with Crippen molar-refractivity contribution in [1.82, 2.24) is 15.1 Å². The van der Waals surface area contributed by atoms with E-state index in [1.165, 1.54) is 12.8 Å². The average molecular weight is 279 g/mol. The lowest BCUT2D eigenvalue weighted by molar-refractivity contribution is 0.195. The van der Waals surface area contributed by atoms with Gasteiger partial charge in [-0.1, -0.05) is 6.92 Å². The fraction of sp³-hybridized carbons (Fsp3) is 0.667. The van der Waals surface area contributed by atoms with E-state index in [-0.39, 0.29) is 6.03 Å². The first kappa shape index (κ1) is 14.9. The van der Waals surface area contributed by atoms with Crippen LogP contribution in [0.25, 0.3) is 0 Å². The number of carbonyl (C=O) groups is 1. The molecule has 0 aliphatic carbocycles. The summed E-state index contributed by atoms with van der Waals surface area (Å²) >= 11 is 0. The molecule has 1 aliphatic rings. The van der Waals surface area contributed by atoms with E-state index in [1.807, 2.05) is 19.1 Å².